The second kappa shape index (κ2) is 5.83. The molecule has 15 heavy (non-hydrogen) atoms. The lowest BCUT2D eigenvalue weighted by Crippen LogP contribution is -2.21. The van der Waals surface area contributed by atoms with Crippen LogP contribution in [0.2, 0.25) is 0 Å². The molecule has 1 aromatic carbocycles. The summed E-state index contributed by atoms with van der Waals surface area (Å²) in [7, 11) is 1.69. The number of halogens is 1. The predicted octanol–water partition coefficient (Wildman–Crippen LogP) is 1.99. The zero-order valence-corrected chi connectivity index (χ0v) is 9.60. The Balaban J connectivity index is 0.00000112. The summed E-state index contributed by atoms with van der Waals surface area (Å²) in [6.45, 7) is 2.59. The van der Waals surface area contributed by atoms with E-state index in [2.05, 4.69) is 5.32 Å². The third-order valence-electron chi connectivity index (χ3n) is 2.37. The topological polar surface area (TPSA) is 30.5 Å². The van der Waals surface area contributed by atoms with Crippen molar-refractivity contribution >= 4 is 12.4 Å². The monoisotopic (exact) mass is 229 g/mol. The van der Waals surface area contributed by atoms with Crippen LogP contribution in [-0.2, 0) is 6.54 Å². The highest BCUT2D eigenvalue weighted by atomic mass is 35.5. The summed E-state index contributed by atoms with van der Waals surface area (Å²) in [6.07, 6.45) is 1.05. The summed E-state index contributed by atoms with van der Waals surface area (Å²) in [5, 5.41) is 3.36. The van der Waals surface area contributed by atoms with Crippen molar-refractivity contribution in [2.24, 2.45) is 0 Å². The van der Waals surface area contributed by atoms with Gasteiger partial charge in [-0.15, -0.1) is 12.4 Å². The van der Waals surface area contributed by atoms with Gasteiger partial charge in [0.1, 0.15) is 11.5 Å². The summed E-state index contributed by atoms with van der Waals surface area (Å²) in [4.78, 5) is 0. The van der Waals surface area contributed by atoms with Crippen LogP contribution in [0.5, 0.6) is 11.5 Å². The fraction of sp³-hybridized carbons (Fsp3) is 0.455. The summed E-state index contributed by atoms with van der Waals surface area (Å²) < 4.78 is 10.9. The molecule has 4 heteroatoms. The van der Waals surface area contributed by atoms with Crippen LogP contribution < -0.4 is 14.8 Å². The largest absolute Gasteiger partial charge is 0.496 e. The van der Waals surface area contributed by atoms with Gasteiger partial charge < -0.3 is 14.8 Å². The Morgan fingerprint density at radius 2 is 2.27 bits per heavy atom. The predicted molar refractivity (Wildman–Crippen MR) is 62.1 cm³/mol. The minimum atomic E-state index is 0. The first-order valence-electron chi connectivity index (χ1n) is 4.91. The Bertz CT molecular complexity index is 317. The average molecular weight is 230 g/mol. The Labute approximate surface area is 96.2 Å². The van der Waals surface area contributed by atoms with Crippen molar-refractivity contribution in [1.29, 1.82) is 0 Å². The average Bonchev–Trinajstić information content (AvgIpc) is 2.18. The molecule has 1 N–H and O–H groups in total. The van der Waals surface area contributed by atoms with Gasteiger partial charge in [0, 0.05) is 12.1 Å². The molecule has 0 amide bonds. The van der Waals surface area contributed by atoms with Gasteiger partial charge >= 0.3 is 0 Å². The number of hydrogen-bond donors (Lipinski definition) is 1. The zero-order chi connectivity index (χ0) is 9.80. The quantitative estimate of drug-likeness (QED) is 0.799. The summed E-state index contributed by atoms with van der Waals surface area (Å²) in [6, 6.07) is 5.91. The van der Waals surface area contributed by atoms with Crippen molar-refractivity contribution in [3.63, 3.8) is 0 Å². The van der Waals surface area contributed by atoms with Gasteiger partial charge in [0.25, 0.3) is 0 Å². The minimum Gasteiger partial charge on any atom is -0.496 e. The number of hydrogen-bond acceptors (Lipinski definition) is 3. The SMILES string of the molecule is COc1cccc2c1CNCCCO2.Cl. The van der Waals surface area contributed by atoms with Crippen molar-refractivity contribution in [2.75, 3.05) is 20.3 Å². The Kier molecular flexibility index (Phi) is 4.72. The van der Waals surface area contributed by atoms with Crippen LogP contribution in [0.3, 0.4) is 0 Å². The van der Waals surface area contributed by atoms with Crippen molar-refractivity contribution in [3.8, 4) is 11.5 Å². The highest BCUT2D eigenvalue weighted by Crippen LogP contribution is 2.28. The first-order chi connectivity index (χ1) is 6.92. The lowest BCUT2D eigenvalue weighted by atomic mass is 10.1. The number of methoxy groups -OCH3 is 1. The molecule has 0 saturated heterocycles. The fourth-order valence-corrected chi connectivity index (χ4v) is 1.64. The Morgan fingerprint density at radius 3 is 3.07 bits per heavy atom. The molecule has 0 radical (unpaired) electrons. The molecule has 1 aliphatic heterocycles. The first kappa shape index (κ1) is 12.1. The Hall–Kier alpha value is -0.930. The molecule has 84 valence electrons. The van der Waals surface area contributed by atoms with Crippen molar-refractivity contribution in [2.45, 2.75) is 13.0 Å². The minimum absolute atomic E-state index is 0. The van der Waals surface area contributed by atoms with Crippen molar-refractivity contribution in [3.05, 3.63) is 23.8 Å². The molecule has 0 bridgehead atoms. The van der Waals surface area contributed by atoms with E-state index in [1.54, 1.807) is 7.11 Å². The molecule has 0 aromatic heterocycles. The number of rotatable bonds is 1. The molecular formula is C11H16ClNO2. The van der Waals surface area contributed by atoms with E-state index < -0.39 is 0 Å². The maximum Gasteiger partial charge on any atom is 0.127 e. The summed E-state index contributed by atoms with van der Waals surface area (Å²) in [5.74, 6) is 1.84. The molecule has 0 aliphatic carbocycles. The highest BCUT2D eigenvalue weighted by molar-refractivity contribution is 5.85. The highest BCUT2D eigenvalue weighted by Gasteiger charge is 2.11. The van der Waals surface area contributed by atoms with Crippen LogP contribution in [0, 0.1) is 0 Å². The number of ether oxygens (including phenoxy) is 2. The van der Waals surface area contributed by atoms with E-state index in [9.17, 15) is 0 Å². The van der Waals surface area contributed by atoms with Crippen LogP contribution in [0.15, 0.2) is 18.2 Å². The van der Waals surface area contributed by atoms with Crippen LogP contribution in [0.1, 0.15) is 12.0 Å². The summed E-state index contributed by atoms with van der Waals surface area (Å²) in [5.41, 5.74) is 1.12. The second-order valence-corrected chi connectivity index (χ2v) is 3.32. The number of nitrogens with one attached hydrogen (secondary N) is 1. The maximum atomic E-state index is 5.65. The molecule has 0 fully saturated rings. The van der Waals surface area contributed by atoms with Crippen LogP contribution in [0.4, 0.5) is 0 Å². The fourth-order valence-electron chi connectivity index (χ4n) is 1.64. The van der Waals surface area contributed by atoms with Gasteiger partial charge in [0.15, 0.2) is 0 Å². The number of fused-ring (bicyclic) bond motifs is 1. The third kappa shape index (κ3) is 2.76. The van der Waals surface area contributed by atoms with E-state index in [0.29, 0.717) is 0 Å². The Morgan fingerprint density at radius 1 is 1.40 bits per heavy atom. The molecule has 0 unspecified atom stereocenters. The summed E-state index contributed by atoms with van der Waals surface area (Å²) >= 11 is 0. The zero-order valence-electron chi connectivity index (χ0n) is 8.79. The van der Waals surface area contributed by atoms with Gasteiger partial charge in [-0.3, -0.25) is 0 Å². The molecule has 0 saturated carbocycles. The molecule has 3 nitrogen and oxygen atoms in total. The van der Waals surface area contributed by atoms with Gasteiger partial charge in [-0.05, 0) is 25.1 Å². The maximum absolute atomic E-state index is 5.65. The molecular weight excluding hydrogens is 214 g/mol. The van der Waals surface area contributed by atoms with Crippen LogP contribution in [-0.4, -0.2) is 20.3 Å². The molecule has 1 aromatic rings. The molecule has 0 spiro atoms. The van der Waals surface area contributed by atoms with E-state index in [4.69, 9.17) is 9.47 Å². The molecule has 2 rings (SSSR count). The van der Waals surface area contributed by atoms with Crippen LogP contribution in [0.25, 0.3) is 0 Å². The van der Waals surface area contributed by atoms with Crippen molar-refractivity contribution in [1.82, 2.24) is 5.32 Å². The third-order valence-corrected chi connectivity index (χ3v) is 2.37. The second-order valence-electron chi connectivity index (χ2n) is 3.32. The lowest BCUT2D eigenvalue weighted by molar-refractivity contribution is 0.291. The lowest BCUT2D eigenvalue weighted by Gasteiger charge is -2.18. The van der Waals surface area contributed by atoms with E-state index in [1.165, 1.54) is 0 Å². The van der Waals surface area contributed by atoms with Gasteiger partial charge in [-0.25, -0.2) is 0 Å². The van der Waals surface area contributed by atoms with Gasteiger partial charge in [-0.1, -0.05) is 6.07 Å². The molecule has 0 atom stereocenters. The molecule has 1 heterocycles. The standard InChI is InChI=1S/C11H15NO2.ClH/c1-13-10-4-2-5-11-9(10)8-12-6-3-7-14-11;/h2,4-5,12H,3,6-8H2,1H3;1H. The van der Waals surface area contributed by atoms with Gasteiger partial charge in [0.05, 0.1) is 13.7 Å². The van der Waals surface area contributed by atoms with E-state index >= 15 is 0 Å². The molecule has 1 aliphatic rings. The van der Waals surface area contributed by atoms with E-state index in [1.807, 2.05) is 18.2 Å². The van der Waals surface area contributed by atoms with Crippen molar-refractivity contribution < 1.29 is 9.47 Å². The van der Waals surface area contributed by atoms with Gasteiger partial charge in [-0.2, -0.15) is 0 Å². The number of benzene rings is 1. The first-order valence-corrected chi connectivity index (χ1v) is 4.91. The normalized spacial score (nSPS) is 15.0. The van der Waals surface area contributed by atoms with E-state index in [0.717, 1.165) is 43.2 Å². The van der Waals surface area contributed by atoms with E-state index in [-0.39, 0.29) is 12.4 Å². The smallest absolute Gasteiger partial charge is 0.127 e. The van der Waals surface area contributed by atoms with Crippen LogP contribution >= 0.6 is 12.4 Å². The van der Waals surface area contributed by atoms with Gasteiger partial charge in [0.2, 0.25) is 0 Å².